The highest BCUT2D eigenvalue weighted by Gasteiger charge is 1.98. The highest BCUT2D eigenvalue weighted by molar-refractivity contribution is 5.66. The zero-order chi connectivity index (χ0) is 17.2. The Labute approximate surface area is 143 Å². The average Bonchev–Trinajstić information content (AvgIpc) is 2.52. The third kappa shape index (κ3) is 19.1. The first-order valence-electron chi connectivity index (χ1n) is 9.73. The lowest BCUT2D eigenvalue weighted by molar-refractivity contribution is -0.137. The fourth-order valence-electron chi connectivity index (χ4n) is 2.72. The highest BCUT2D eigenvalue weighted by Crippen LogP contribution is 2.12. The molecule has 0 unspecified atom stereocenters. The maximum Gasteiger partial charge on any atom is 0.303 e. The summed E-state index contributed by atoms with van der Waals surface area (Å²) in [5.74, 6) is -0.671. The molecule has 0 aromatic rings. The number of allylic oxidation sites excluding steroid dienone is 1. The predicted molar refractivity (Wildman–Crippen MR) is 97.7 cm³/mol. The first kappa shape index (κ1) is 22.2. The molecule has 0 amide bonds. The van der Waals surface area contributed by atoms with Gasteiger partial charge in [-0.1, -0.05) is 83.3 Å². The number of carboxylic acids is 1. The normalized spacial score (nSPS) is 12.8. The van der Waals surface area contributed by atoms with Gasteiger partial charge in [-0.25, -0.2) is 0 Å². The molecule has 0 aromatic heterocycles. The van der Waals surface area contributed by atoms with E-state index in [1.807, 2.05) is 6.08 Å². The Morgan fingerprint density at radius 1 is 0.870 bits per heavy atom. The number of rotatable bonds is 17. The van der Waals surface area contributed by atoms with Crippen LogP contribution < -0.4 is 0 Å². The standard InChI is InChI=1S/C20H38O3/c1-2-3-16-19(21)17-14-12-10-8-6-4-5-7-9-11-13-15-18-20(22)23/h14,17,19,21H,2-13,15-16,18H2,1H3,(H,22,23)/t19-/m0/s1. The number of aliphatic hydroxyl groups excluding tert-OH is 1. The Morgan fingerprint density at radius 3 is 1.91 bits per heavy atom. The molecule has 0 bridgehead atoms. The highest BCUT2D eigenvalue weighted by atomic mass is 16.4. The van der Waals surface area contributed by atoms with Crippen LogP contribution in [0.15, 0.2) is 12.2 Å². The predicted octanol–water partition coefficient (Wildman–Crippen LogP) is 5.86. The van der Waals surface area contributed by atoms with Gasteiger partial charge in [-0.3, -0.25) is 4.79 Å². The summed E-state index contributed by atoms with van der Waals surface area (Å²) in [7, 11) is 0. The van der Waals surface area contributed by atoms with E-state index in [2.05, 4.69) is 13.0 Å². The third-order valence-corrected chi connectivity index (χ3v) is 4.22. The van der Waals surface area contributed by atoms with E-state index in [4.69, 9.17) is 5.11 Å². The Bertz CT molecular complexity index is 287. The van der Waals surface area contributed by atoms with E-state index in [1.165, 1.54) is 51.4 Å². The molecule has 3 heteroatoms. The molecule has 136 valence electrons. The number of hydrogen-bond donors (Lipinski definition) is 2. The van der Waals surface area contributed by atoms with Gasteiger partial charge in [0.05, 0.1) is 6.10 Å². The first-order valence-corrected chi connectivity index (χ1v) is 9.73. The molecule has 0 aliphatic rings. The first-order chi connectivity index (χ1) is 11.2. The number of carbonyl (C=O) groups is 1. The van der Waals surface area contributed by atoms with E-state index >= 15 is 0 Å². The van der Waals surface area contributed by atoms with Crippen molar-refractivity contribution in [3.8, 4) is 0 Å². The maximum atomic E-state index is 10.4. The molecular formula is C20H38O3. The minimum atomic E-state index is -0.671. The van der Waals surface area contributed by atoms with Crippen LogP contribution in [0.4, 0.5) is 0 Å². The quantitative estimate of drug-likeness (QED) is 0.260. The molecule has 0 fully saturated rings. The molecule has 2 N–H and O–H groups in total. The fourth-order valence-corrected chi connectivity index (χ4v) is 2.72. The Balaban J connectivity index is 3.16. The lowest BCUT2D eigenvalue weighted by atomic mass is 10.0. The van der Waals surface area contributed by atoms with Crippen LogP contribution in [0.1, 0.15) is 103 Å². The van der Waals surface area contributed by atoms with Gasteiger partial charge in [0.15, 0.2) is 0 Å². The number of aliphatic carboxylic acids is 1. The topological polar surface area (TPSA) is 57.5 Å². The van der Waals surface area contributed by atoms with Crippen molar-refractivity contribution in [2.24, 2.45) is 0 Å². The molecule has 1 atom stereocenters. The Kier molecular flexibility index (Phi) is 16.9. The number of unbranched alkanes of at least 4 members (excludes halogenated alkanes) is 11. The van der Waals surface area contributed by atoms with Gasteiger partial charge in [0.1, 0.15) is 0 Å². The molecular weight excluding hydrogens is 288 g/mol. The van der Waals surface area contributed by atoms with E-state index in [-0.39, 0.29) is 6.10 Å². The summed E-state index contributed by atoms with van der Waals surface area (Å²) in [5.41, 5.74) is 0. The zero-order valence-electron chi connectivity index (χ0n) is 15.1. The van der Waals surface area contributed by atoms with E-state index in [0.717, 1.165) is 38.5 Å². The molecule has 0 saturated heterocycles. The lowest BCUT2D eigenvalue weighted by Gasteiger charge is -2.03. The summed E-state index contributed by atoms with van der Waals surface area (Å²) in [6.07, 6.45) is 20.5. The van der Waals surface area contributed by atoms with Crippen LogP contribution in [0.25, 0.3) is 0 Å². The smallest absolute Gasteiger partial charge is 0.303 e. The van der Waals surface area contributed by atoms with Gasteiger partial charge in [-0.15, -0.1) is 0 Å². The minimum Gasteiger partial charge on any atom is -0.481 e. The lowest BCUT2D eigenvalue weighted by Crippen LogP contribution is -2.00. The number of aliphatic hydroxyl groups is 1. The molecule has 23 heavy (non-hydrogen) atoms. The van der Waals surface area contributed by atoms with E-state index < -0.39 is 5.97 Å². The monoisotopic (exact) mass is 326 g/mol. The fraction of sp³-hybridized carbons (Fsp3) is 0.850. The summed E-state index contributed by atoms with van der Waals surface area (Å²) in [6, 6.07) is 0. The molecule has 0 saturated carbocycles. The molecule has 0 rings (SSSR count). The van der Waals surface area contributed by atoms with Crippen LogP contribution in [-0.2, 0) is 4.79 Å². The second kappa shape index (κ2) is 17.5. The van der Waals surface area contributed by atoms with Gasteiger partial charge >= 0.3 is 5.97 Å². The van der Waals surface area contributed by atoms with Gasteiger partial charge in [0, 0.05) is 6.42 Å². The van der Waals surface area contributed by atoms with Crippen molar-refractivity contribution in [3.05, 3.63) is 12.2 Å². The summed E-state index contributed by atoms with van der Waals surface area (Å²) in [5, 5.41) is 18.2. The Hall–Kier alpha value is -0.830. The largest absolute Gasteiger partial charge is 0.481 e. The van der Waals surface area contributed by atoms with Crippen molar-refractivity contribution in [2.45, 2.75) is 109 Å². The third-order valence-electron chi connectivity index (χ3n) is 4.22. The minimum absolute atomic E-state index is 0.245. The molecule has 0 aliphatic heterocycles. The van der Waals surface area contributed by atoms with Crippen molar-refractivity contribution in [3.63, 3.8) is 0 Å². The molecule has 0 radical (unpaired) electrons. The van der Waals surface area contributed by atoms with Crippen molar-refractivity contribution in [2.75, 3.05) is 0 Å². The summed E-state index contributed by atoms with van der Waals surface area (Å²) in [4.78, 5) is 10.4. The Morgan fingerprint density at radius 2 is 1.39 bits per heavy atom. The van der Waals surface area contributed by atoms with Gasteiger partial charge in [-0.05, 0) is 25.7 Å². The molecule has 0 aliphatic carbocycles. The second-order valence-electron chi connectivity index (χ2n) is 6.61. The van der Waals surface area contributed by atoms with E-state index in [0.29, 0.717) is 6.42 Å². The van der Waals surface area contributed by atoms with E-state index in [1.54, 1.807) is 0 Å². The van der Waals surface area contributed by atoms with Crippen LogP contribution >= 0.6 is 0 Å². The number of carboxylic acid groups (broad SMARTS) is 1. The summed E-state index contributed by atoms with van der Waals surface area (Å²) >= 11 is 0. The van der Waals surface area contributed by atoms with Crippen LogP contribution in [0.3, 0.4) is 0 Å². The summed E-state index contributed by atoms with van der Waals surface area (Å²) in [6.45, 7) is 2.15. The maximum absolute atomic E-state index is 10.4. The van der Waals surface area contributed by atoms with Crippen LogP contribution in [0, 0.1) is 0 Å². The number of hydrogen-bond acceptors (Lipinski definition) is 2. The van der Waals surface area contributed by atoms with Crippen molar-refractivity contribution < 1.29 is 15.0 Å². The zero-order valence-corrected chi connectivity index (χ0v) is 15.1. The molecule has 0 aromatic carbocycles. The van der Waals surface area contributed by atoms with Gasteiger partial charge in [0.2, 0.25) is 0 Å². The van der Waals surface area contributed by atoms with Crippen LogP contribution in [0.5, 0.6) is 0 Å². The summed E-state index contributed by atoms with van der Waals surface area (Å²) < 4.78 is 0. The SMILES string of the molecule is CCCC[C@H](O)C=CCCCCCCCCCCCCC(=O)O. The van der Waals surface area contributed by atoms with Crippen molar-refractivity contribution in [1.29, 1.82) is 0 Å². The van der Waals surface area contributed by atoms with Gasteiger partial charge in [0.25, 0.3) is 0 Å². The molecule has 0 spiro atoms. The molecule has 0 heterocycles. The van der Waals surface area contributed by atoms with Gasteiger partial charge in [-0.2, -0.15) is 0 Å². The van der Waals surface area contributed by atoms with E-state index in [9.17, 15) is 9.90 Å². The van der Waals surface area contributed by atoms with Crippen LogP contribution in [0.2, 0.25) is 0 Å². The van der Waals surface area contributed by atoms with Crippen molar-refractivity contribution in [1.82, 2.24) is 0 Å². The molecule has 3 nitrogen and oxygen atoms in total. The second-order valence-corrected chi connectivity index (χ2v) is 6.61. The van der Waals surface area contributed by atoms with Gasteiger partial charge < -0.3 is 10.2 Å². The van der Waals surface area contributed by atoms with Crippen molar-refractivity contribution >= 4 is 5.97 Å². The van der Waals surface area contributed by atoms with Crippen LogP contribution in [-0.4, -0.2) is 22.3 Å². The average molecular weight is 327 g/mol.